The van der Waals surface area contributed by atoms with Crippen molar-refractivity contribution in [3.8, 4) is 11.3 Å². The Kier molecular flexibility index (Phi) is 3.94. The van der Waals surface area contributed by atoms with Gasteiger partial charge in [-0.1, -0.05) is 37.6 Å². The number of imidazole rings is 1. The van der Waals surface area contributed by atoms with E-state index >= 15 is 0 Å². The number of amides is 1. The third kappa shape index (κ3) is 2.77. The molecule has 1 aromatic carbocycles. The molecule has 5 heteroatoms. The molecule has 1 aliphatic heterocycles. The van der Waals surface area contributed by atoms with Crippen LogP contribution in [0.15, 0.2) is 24.3 Å². The van der Waals surface area contributed by atoms with Crippen LogP contribution in [0.1, 0.15) is 59.3 Å². The SMILES string of the molecule is CCCCN1Cn2c(nc(C)c2-c2ccc(C(=O)C3CC3)cc2)C1=O. The fourth-order valence-corrected chi connectivity index (χ4v) is 3.51. The predicted octanol–water partition coefficient (Wildman–Crippen LogP) is 3.66. The van der Waals surface area contributed by atoms with Crippen molar-refractivity contribution in [2.24, 2.45) is 5.92 Å². The van der Waals surface area contributed by atoms with Crippen molar-refractivity contribution in [3.05, 3.63) is 41.3 Å². The van der Waals surface area contributed by atoms with E-state index in [0.717, 1.165) is 54.7 Å². The lowest BCUT2D eigenvalue weighted by atomic mass is 10.0. The first-order chi connectivity index (χ1) is 12.1. The highest BCUT2D eigenvalue weighted by Crippen LogP contribution is 2.34. The standard InChI is InChI=1S/C20H23N3O2/c1-3-4-11-22-12-23-17(13(2)21-19(23)20(22)25)14-5-7-15(8-6-14)18(24)16-9-10-16/h5-8,16H,3-4,9-12H2,1-2H3. The molecule has 0 radical (unpaired) electrons. The van der Waals surface area contributed by atoms with Crippen LogP contribution in [0.5, 0.6) is 0 Å². The lowest BCUT2D eigenvalue weighted by Gasteiger charge is -2.15. The monoisotopic (exact) mass is 337 g/mol. The van der Waals surface area contributed by atoms with Gasteiger partial charge in [0.25, 0.3) is 5.91 Å². The van der Waals surface area contributed by atoms with E-state index in [1.807, 2.05) is 40.7 Å². The number of hydrogen-bond donors (Lipinski definition) is 0. The highest BCUT2D eigenvalue weighted by atomic mass is 16.2. The molecule has 130 valence electrons. The Morgan fingerprint density at radius 3 is 2.60 bits per heavy atom. The number of Topliss-reactive ketones (excluding diaryl/α,β-unsaturated/α-hetero) is 1. The number of nitrogens with zero attached hydrogens (tertiary/aromatic N) is 3. The smallest absolute Gasteiger partial charge is 0.291 e. The summed E-state index contributed by atoms with van der Waals surface area (Å²) in [6, 6.07) is 7.76. The van der Waals surface area contributed by atoms with Crippen molar-refractivity contribution in [2.45, 2.75) is 46.2 Å². The van der Waals surface area contributed by atoms with Gasteiger partial charge < -0.3 is 9.47 Å². The maximum Gasteiger partial charge on any atom is 0.291 e. The van der Waals surface area contributed by atoms with Gasteiger partial charge in [-0.2, -0.15) is 0 Å². The minimum absolute atomic E-state index is 0.0170. The Hall–Kier alpha value is -2.43. The molecule has 2 aromatic rings. The lowest BCUT2D eigenvalue weighted by molar-refractivity contribution is 0.0763. The van der Waals surface area contributed by atoms with E-state index in [9.17, 15) is 9.59 Å². The van der Waals surface area contributed by atoms with Crippen molar-refractivity contribution in [2.75, 3.05) is 6.54 Å². The van der Waals surface area contributed by atoms with Crippen LogP contribution in [-0.4, -0.2) is 32.7 Å². The molecule has 1 amide bonds. The van der Waals surface area contributed by atoms with Crippen molar-refractivity contribution in [1.29, 1.82) is 0 Å². The molecular formula is C20H23N3O2. The van der Waals surface area contributed by atoms with E-state index in [0.29, 0.717) is 12.5 Å². The minimum Gasteiger partial charge on any atom is -0.318 e. The molecule has 5 nitrogen and oxygen atoms in total. The molecule has 2 aliphatic rings. The molecule has 25 heavy (non-hydrogen) atoms. The predicted molar refractivity (Wildman–Crippen MR) is 95.4 cm³/mol. The molecule has 1 saturated carbocycles. The van der Waals surface area contributed by atoms with Crippen molar-refractivity contribution in [1.82, 2.24) is 14.5 Å². The van der Waals surface area contributed by atoms with Crippen LogP contribution in [-0.2, 0) is 6.67 Å². The zero-order valence-electron chi connectivity index (χ0n) is 14.8. The molecule has 1 aromatic heterocycles. The molecule has 1 fully saturated rings. The molecule has 0 bridgehead atoms. The maximum absolute atomic E-state index is 12.5. The van der Waals surface area contributed by atoms with Crippen LogP contribution in [0.3, 0.4) is 0 Å². The number of carbonyl (C=O) groups excluding carboxylic acids is 2. The quantitative estimate of drug-likeness (QED) is 0.756. The number of benzene rings is 1. The fraction of sp³-hybridized carbons (Fsp3) is 0.450. The van der Waals surface area contributed by atoms with E-state index in [4.69, 9.17) is 0 Å². The molecule has 0 spiro atoms. The average molecular weight is 337 g/mol. The van der Waals surface area contributed by atoms with E-state index in [1.54, 1.807) is 0 Å². The number of fused-ring (bicyclic) bond motifs is 1. The molecule has 2 heterocycles. The number of carbonyl (C=O) groups is 2. The van der Waals surface area contributed by atoms with Gasteiger partial charge in [-0.25, -0.2) is 4.98 Å². The van der Waals surface area contributed by atoms with Crippen LogP contribution in [0.2, 0.25) is 0 Å². The minimum atomic E-state index is 0.0170. The van der Waals surface area contributed by atoms with Crippen LogP contribution in [0, 0.1) is 12.8 Å². The van der Waals surface area contributed by atoms with Crippen molar-refractivity contribution >= 4 is 11.7 Å². The van der Waals surface area contributed by atoms with Crippen LogP contribution in [0.25, 0.3) is 11.3 Å². The van der Waals surface area contributed by atoms with Gasteiger partial charge in [0.15, 0.2) is 5.78 Å². The third-order valence-electron chi connectivity index (χ3n) is 5.11. The zero-order valence-corrected chi connectivity index (χ0v) is 14.8. The van der Waals surface area contributed by atoms with Gasteiger partial charge in [-0.3, -0.25) is 9.59 Å². The summed E-state index contributed by atoms with van der Waals surface area (Å²) in [5, 5.41) is 0. The van der Waals surface area contributed by atoms with Crippen molar-refractivity contribution in [3.63, 3.8) is 0 Å². The molecule has 1 aliphatic carbocycles. The second kappa shape index (κ2) is 6.14. The Morgan fingerprint density at radius 1 is 1.24 bits per heavy atom. The summed E-state index contributed by atoms with van der Waals surface area (Å²) in [6.45, 7) is 5.39. The number of unbranched alkanes of at least 4 members (excludes halogenated alkanes) is 1. The van der Waals surface area contributed by atoms with Crippen LogP contribution < -0.4 is 0 Å². The second-order valence-electron chi connectivity index (χ2n) is 7.08. The number of aromatic nitrogens is 2. The summed E-state index contributed by atoms with van der Waals surface area (Å²) in [5.41, 5.74) is 3.63. The van der Waals surface area contributed by atoms with Gasteiger partial charge in [0.2, 0.25) is 5.82 Å². The van der Waals surface area contributed by atoms with Gasteiger partial charge in [-0.05, 0) is 26.2 Å². The summed E-state index contributed by atoms with van der Waals surface area (Å²) < 4.78 is 2.01. The van der Waals surface area contributed by atoms with Crippen molar-refractivity contribution < 1.29 is 9.59 Å². The number of aryl methyl sites for hydroxylation is 1. The molecular weight excluding hydrogens is 314 g/mol. The Bertz CT molecular complexity index is 831. The van der Waals surface area contributed by atoms with E-state index in [1.165, 1.54) is 0 Å². The Balaban J connectivity index is 1.63. The third-order valence-corrected chi connectivity index (χ3v) is 5.11. The molecule has 0 N–H and O–H groups in total. The largest absolute Gasteiger partial charge is 0.318 e. The van der Waals surface area contributed by atoms with Gasteiger partial charge in [0, 0.05) is 23.6 Å². The highest BCUT2D eigenvalue weighted by Gasteiger charge is 2.33. The van der Waals surface area contributed by atoms with Gasteiger partial charge >= 0.3 is 0 Å². The highest BCUT2D eigenvalue weighted by molar-refractivity contribution is 5.99. The fourth-order valence-electron chi connectivity index (χ4n) is 3.51. The van der Waals surface area contributed by atoms with E-state index < -0.39 is 0 Å². The summed E-state index contributed by atoms with van der Waals surface area (Å²) in [4.78, 5) is 31.1. The average Bonchev–Trinajstić information content (AvgIpc) is 3.36. The van der Waals surface area contributed by atoms with Gasteiger partial charge in [0.1, 0.15) is 0 Å². The first kappa shape index (κ1) is 16.1. The first-order valence-corrected chi connectivity index (χ1v) is 9.11. The maximum atomic E-state index is 12.5. The van der Waals surface area contributed by atoms with Crippen LogP contribution in [0.4, 0.5) is 0 Å². The summed E-state index contributed by atoms with van der Waals surface area (Å²) in [7, 11) is 0. The number of hydrogen-bond acceptors (Lipinski definition) is 3. The van der Waals surface area contributed by atoms with E-state index in [2.05, 4.69) is 11.9 Å². The van der Waals surface area contributed by atoms with E-state index in [-0.39, 0.29) is 17.6 Å². The summed E-state index contributed by atoms with van der Waals surface area (Å²) in [6.07, 6.45) is 4.11. The topological polar surface area (TPSA) is 55.2 Å². The summed E-state index contributed by atoms with van der Waals surface area (Å²) >= 11 is 0. The first-order valence-electron chi connectivity index (χ1n) is 9.11. The Labute approximate surface area is 147 Å². The van der Waals surface area contributed by atoms with Crippen LogP contribution >= 0.6 is 0 Å². The van der Waals surface area contributed by atoms with Gasteiger partial charge in [-0.15, -0.1) is 0 Å². The molecule has 0 unspecified atom stereocenters. The number of ketones is 1. The Morgan fingerprint density at radius 2 is 1.96 bits per heavy atom. The second-order valence-corrected chi connectivity index (χ2v) is 7.08. The normalized spacial score (nSPS) is 16.4. The molecule has 0 atom stereocenters. The number of rotatable bonds is 6. The summed E-state index contributed by atoms with van der Waals surface area (Å²) in [5.74, 6) is 1.03. The molecule has 0 saturated heterocycles. The molecule has 4 rings (SSSR count). The zero-order chi connectivity index (χ0) is 17.6. The lowest BCUT2D eigenvalue weighted by Crippen LogP contribution is -2.26. The van der Waals surface area contributed by atoms with Gasteiger partial charge in [0.05, 0.1) is 18.1 Å².